The number of nitrogens with one attached hydrogen (secondary N) is 1. The number of aromatic nitrogens is 3. The molecule has 0 radical (unpaired) electrons. The first kappa shape index (κ1) is 18.3. The zero-order valence-electron chi connectivity index (χ0n) is 14.4. The van der Waals surface area contributed by atoms with Crippen LogP contribution in [0.4, 0.5) is 24.7 Å². The van der Waals surface area contributed by atoms with E-state index < -0.39 is 11.7 Å². The van der Waals surface area contributed by atoms with Gasteiger partial charge in [-0.2, -0.15) is 18.3 Å². The van der Waals surface area contributed by atoms with Crippen LogP contribution >= 0.6 is 11.8 Å². The summed E-state index contributed by atoms with van der Waals surface area (Å²) in [6.45, 7) is 3.82. The molecule has 8 heteroatoms. The average Bonchev–Trinajstić information content (AvgIpc) is 2.92. The van der Waals surface area contributed by atoms with Gasteiger partial charge in [0, 0.05) is 16.3 Å². The molecular formula is C18H17F3N4S. The minimum Gasteiger partial charge on any atom is -0.340 e. The first-order chi connectivity index (χ1) is 12.3. The predicted octanol–water partition coefficient (Wildman–Crippen LogP) is 5.37. The van der Waals surface area contributed by atoms with E-state index >= 15 is 0 Å². The van der Waals surface area contributed by atoms with Crippen LogP contribution in [0.5, 0.6) is 0 Å². The van der Waals surface area contributed by atoms with Gasteiger partial charge in [0.05, 0.1) is 11.3 Å². The summed E-state index contributed by atoms with van der Waals surface area (Å²) in [5, 5.41) is 7.38. The molecule has 0 aliphatic heterocycles. The van der Waals surface area contributed by atoms with Crippen LogP contribution in [0.2, 0.25) is 0 Å². The summed E-state index contributed by atoms with van der Waals surface area (Å²) in [7, 11) is 0. The van der Waals surface area contributed by atoms with E-state index in [2.05, 4.69) is 15.4 Å². The van der Waals surface area contributed by atoms with Gasteiger partial charge in [-0.1, -0.05) is 6.07 Å². The number of anilines is 2. The highest BCUT2D eigenvalue weighted by Gasteiger charge is 2.30. The number of benzene rings is 1. The lowest BCUT2D eigenvalue weighted by Gasteiger charge is -2.12. The van der Waals surface area contributed by atoms with E-state index in [1.165, 1.54) is 17.8 Å². The van der Waals surface area contributed by atoms with E-state index in [1.54, 1.807) is 16.8 Å². The smallest absolute Gasteiger partial charge is 0.340 e. The standard InChI is InChI=1S/C18H17F3N4S/c1-11-7-12(2)25(24-11)17-10-15(26-3)9-16(23-17)22-14-6-4-5-13(8-14)18(19,20)21/h4-10H,1-3H3,(H,22,23). The van der Waals surface area contributed by atoms with Crippen molar-refractivity contribution in [1.29, 1.82) is 0 Å². The van der Waals surface area contributed by atoms with Gasteiger partial charge in [-0.25, -0.2) is 9.67 Å². The molecule has 136 valence electrons. The third kappa shape index (κ3) is 4.01. The van der Waals surface area contributed by atoms with Gasteiger partial charge in [0.25, 0.3) is 0 Å². The van der Waals surface area contributed by atoms with E-state index in [-0.39, 0.29) is 0 Å². The van der Waals surface area contributed by atoms with Crippen LogP contribution in [0.3, 0.4) is 0 Å². The summed E-state index contributed by atoms with van der Waals surface area (Å²) < 4.78 is 40.4. The molecule has 0 amide bonds. The third-order valence-electron chi connectivity index (χ3n) is 3.71. The molecule has 0 saturated heterocycles. The molecule has 0 atom stereocenters. The Kier molecular flexibility index (Phi) is 4.95. The Balaban J connectivity index is 1.98. The SMILES string of the molecule is CSc1cc(Nc2cccc(C(F)(F)F)c2)nc(-n2nc(C)cc2C)c1. The number of hydrogen-bond acceptors (Lipinski definition) is 4. The number of alkyl halides is 3. The van der Waals surface area contributed by atoms with Gasteiger partial charge in [0.15, 0.2) is 5.82 Å². The minimum atomic E-state index is -4.39. The molecule has 0 spiro atoms. The first-order valence-corrected chi connectivity index (χ1v) is 9.03. The lowest BCUT2D eigenvalue weighted by molar-refractivity contribution is -0.137. The Hall–Kier alpha value is -2.48. The number of thioether (sulfide) groups is 1. The fraction of sp³-hybridized carbons (Fsp3) is 0.222. The number of nitrogens with zero attached hydrogens (tertiary/aromatic N) is 3. The van der Waals surface area contributed by atoms with Crippen molar-refractivity contribution < 1.29 is 13.2 Å². The summed E-state index contributed by atoms with van der Waals surface area (Å²) in [5.41, 5.74) is 1.41. The van der Waals surface area contributed by atoms with Gasteiger partial charge in [0.1, 0.15) is 5.82 Å². The summed E-state index contributed by atoms with van der Waals surface area (Å²) >= 11 is 1.52. The van der Waals surface area contributed by atoms with E-state index in [1.807, 2.05) is 32.2 Å². The molecule has 2 aromatic heterocycles. The maximum absolute atomic E-state index is 12.9. The van der Waals surface area contributed by atoms with Crippen molar-refractivity contribution in [3.8, 4) is 5.82 Å². The molecule has 1 aromatic carbocycles. The molecule has 2 heterocycles. The van der Waals surface area contributed by atoms with Gasteiger partial charge < -0.3 is 5.32 Å². The Morgan fingerprint density at radius 3 is 2.46 bits per heavy atom. The third-order valence-corrected chi connectivity index (χ3v) is 4.42. The Labute approximate surface area is 153 Å². The highest BCUT2D eigenvalue weighted by molar-refractivity contribution is 7.98. The summed E-state index contributed by atoms with van der Waals surface area (Å²) in [5.74, 6) is 1.07. The summed E-state index contributed by atoms with van der Waals surface area (Å²) in [4.78, 5) is 5.44. The molecule has 0 bridgehead atoms. The van der Waals surface area contributed by atoms with Gasteiger partial charge in [-0.15, -0.1) is 11.8 Å². The maximum atomic E-state index is 12.9. The fourth-order valence-electron chi connectivity index (χ4n) is 2.56. The number of rotatable bonds is 4. The Morgan fingerprint density at radius 1 is 1.08 bits per heavy atom. The molecule has 0 aliphatic rings. The molecule has 0 saturated carbocycles. The number of hydrogen-bond donors (Lipinski definition) is 1. The number of pyridine rings is 1. The largest absolute Gasteiger partial charge is 0.416 e. The van der Waals surface area contributed by atoms with E-state index in [9.17, 15) is 13.2 Å². The molecule has 0 fully saturated rings. The highest BCUT2D eigenvalue weighted by Crippen LogP contribution is 2.32. The van der Waals surface area contributed by atoms with Crippen molar-refractivity contribution in [2.24, 2.45) is 0 Å². The molecule has 1 N–H and O–H groups in total. The monoisotopic (exact) mass is 378 g/mol. The van der Waals surface area contributed by atoms with Gasteiger partial charge >= 0.3 is 6.18 Å². The van der Waals surface area contributed by atoms with Crippen molar-refractivity contribution in [3.63, 3.8) is 0 Å². The van der Waals surface area contributed by atoms with Crippen molar-refractivity contribution in [1.82, 2.24) is 14.8 Å². The quantitative estimate of drug-likeness (QED) is 0.620. The maximum Gasteiger partial charge on any atom is 0.416 e. The van der Waals surface area contributed by atoms with Gasteiger partial charge in [-0.05, 0) is 56.5 Å². The van der Waals surface area contributed by atoms with Crippen molar-refractivity contribution in [3.05, 3.63) is 59.4 Å². The predicted molar refractivity (Wildman–Crippen MR) is 97.3 cm³/mol. The molecular weight excluding hydrogens is 361 g/mol. The van der Waals surface area contributed by atoms with Crippen LogP contribution in [0.1, 0.15) is 17.0 Å². The summed E-state index contributed by atoms with van der Waals surface area (Å²) in [6.07, 6.45) is -2.46. The molecule has 0 aliphatic carbocycles. The Morgan fingerprint density at radius 2 is 1.85 bits per heavy atom. The average molecular weight is 378 g/mol. The Bertz CT molecular complexity index is 934. The second-order valence-corrected chi connectivity index (χ2v) is 6.67. The molecule has 4 nitrogen and oxygen atoms in total. The van der Waals surface area contributed by atoms with E-state index in [0.29, 0.717) is 17.3 Å². The van der Waals surface area contributed by atoms with Gasteiger partial charge in [0.2, 0.25) is 0 Å². The zero-order chi connectivity index (χ0) is 18.9. The van der Waals surface area contributed by atoms with Crippen LogP contribution in [-0.4, -0.2) is 21.0 Å². The van der Waals surface area contributed by atoms with Crippen molar-refractivity contribution in [2.75, 3.05) is 11.6 Å². The minimum absolute atomic E-state index is 0.324. The lowest BCUT2D eigenvalue weighted by atomic mass is 10.2. The van der Waals surface area contributed by atoms with E-state index in [0.717, 1.165) is 28.4 Å². The summed E-state index contributed by atoms with van der Waals surface area (Å²) in [6, 6.07) is 10.7. The molecule has 26 heavy (non-hydrogen) atoms. The number of halogens is 3. The molecule has 3 aromatic rings. The van der Waals surface area contributed by atoms with E-state index in [4.69, 9.17) is 0 Å². The van der Waals surface area contributed by atoms with Gasteiger partial charge in [-0.3, -0.25) is 0 Å². The zero-order valence-corrected chi connectivity index (χ0v) is 15.2. The first-order valence-electron chi connectivity index (χ1n) is 7.80. The second-order valence-electron chi connectivity index (χ2n) is 5.79. The topological polar surface area (TPSA) is 42.7 Å². The van der Waals surface area contributed by atoms with Crippen LogP contribution in [0.25, 0.3) is 5.82 Å². The second kappa shape index (κ2) is 7.03. The van der Waals surface area contributed by atoms with Crippen LogP contribution in [0.15, 0.2) is 47.4 Å². The fourth-order valence-corrected chi connectivity index (χ4v) is 3.02. The number of aryl methyl sites for hydroxylation is 2. The van der Waals surface area contributed by atoms with Crippen LogP contribution < -0.4 is 5.32 Å². The molecule has 0 unspecified atom stereocenters. The van der Waals surface area contributed by atoms with Crippen LogP contribution in [0, 0.1) is 13.8 Å². The van der Waals surface area contributed by atoms with Crippen molar-refractivity contribution in [2.45, 2.75) is 24.9 Å². The highest BCUT2D eigenvalue weighted by atomic mass is 32.2. The molecule has 3 rings (SSSR count). The normalized spacial score (nSPS) is 11.6. The van der Waals surface area contributed by atoms with Crippen LogP contribution in [-0.2, 0) is 6.18 Å². The van der Waals surface area contributed by atoms with Crippen molar-refractivity contribution >= 4 is 23.3 Å². The lowest BCUT2D eigenvalue weighted by Crippen LogP contribution is -2.06.